The second-order valence-electron chi connectivity index (χ2n) is 4.84. The molecule has 1 fully saturated rings. The number of carbonyl (C=O) groups excluding carboxylic acids is 1. The molecule has 0 bridgehead atoms. The number of nitrogens with zero attached hydrogens (tertiary/aromatic N) is 1. The summed E-state index contributed by atoms with van der Waals surface area (Å²) in [6.07, 6.45) is 0.983. The van der Waals surface area contributed by atoms with E-state index in [0.29, 0.717) is 6.04 Å². The Balaban J connectivity index is 0.00000256. The molecule has 0 aliphatic carbocycles. The Hall–Kier alpha value is -0.320. The molecule has 0 aromatic carbocycles. The molecule has 1 amide bonds. The van der Waals surface area contributed by atoms with Crippen LogP contribution in [-0.2, 0) is 4.79 Å². The van der Waals surface area contributed by atoms with E-state index in [0.717, 1.165) is 26.1 Å². The normalized spacial score (nSPS) is 24.6. The Morgan fingerprint density at radius 1 is 1.53 bits per heavy atom. The standard InChI is InChI=1S/C12H25N3O.ClH/c1-5-9(2)14-12(16)11(4)15-7-6-13-10(3)8-15;/h9-11,13H,5-8H2,1-4H3,(H,14,16);1H. The van der Waals surface area contributed by atoms with Gasteiger partial charge in [0.1, 0.15) is 0 Å². The predicted molar refractivity (Wildman–Crippen MR) is 73.6 cm³/mol. The number of hydrogen-bond donors (Lipinski definition) is 2. The number of rotatable bonds is 4. The first-order valence-electron chi connectivity index (χ1n) is 6.32. The third-order valence-corrected chi connectivity index (χ3v) is 3.33. The van der Waals surface area contributed by atoms with Crippen molar-refractivity contribution in [1.29, 1.82) is 0 Å². The zero-order valence-corrected chi connectivity index (χ0v) is 12.1. The van der Waals surface area contributed by atoms with E-state index in [1.54, 1.807) is 0 Å². The lowest BCUT2D eigenvalue weighted by molar-refractivity contribution is -0.126. The molecule has 102 valence electrons. The molecule has 0 aromatic heterocycles. The molecule has 0 spiro atoms. The lowest BCUT2D eigenvalue weighted by Crippen LogP contribution is -2.56. The number of hydrogen-bond acceptors (Lipinski definition) is 3. The van der Waals surface area contributed by atoms with Crippen LogP contribution in [-0.4, -0.2) is 48.6 Å². The van der Waals surface area contributed by atoms with E-state index in [9.17, 15) is 4.79 Å². The van der Waals surface area contributed by atoms with E-state index in [2.05, 4.69) is 29.4 Å². The van der Waals surface area contributed by atoms with Crippen LogP contribution in [0.25, 0.3) is 0 Å². The molecule has 0 saturated carbocycles. The molecule has 0 radical (unpaired) electrons. The minimum Gasteiger partial charge on any atom is -0.352 e. The molecule has 1 rings (SSSR count). The van der Waals surface area contributed by atoms with Gasteiger partial charge in [-0.05, 0) is 27.2 Å². The van der Waals surface area contributed by atoms with E-state index in [1.807, 2.05) is 13.8 Å². The van der Waals surface area contributed by atoms with Crippen molar-refractivity contribution in [3.63, 3.8) is 0 Å². The van der Waals surface area contributed by atoms with Gasteiger partial charge in [-0.3, -0.25) is 9.69 Å². The van der Waals surface area contributed by atoms with Crippen LogP contribution in [0.15, 0.2) is 0 Å². The molecule has 1 saturated heterocycles. The fraction of sp³-hybridized carbons (Fsp3) is 0.917. The van der Waals surface area contributed by atoms with Crippen LogP contribution in [0.4, 0.5) is 0 Å². The van der Waals surface area contributed by atoms with E-state index in [1.165, 1.54) is 0 Å². The highest BCUT2D eigenvalue weighted by atomic mass is 35.5. The first kappa shape index (κ1) is 16.7. The van der Waals surface area contributed by atoms with Crippen LogP contribution in [0.1, 0.15) is 34.1 Å². The molecule has 5 heteroatoms. The zero-order chi connectivity index (χ0) is 12.1. The summed E-state index contributed by atoms with van der Waals surface area (Å²) in [5.74, 6) is 0.156. The third kappa shape index (κ3) is 5.23. The van der Waals surface area contributed by atoms with Crippen LogP contribution in [0.2, 0.25) is 0 Å². The van der Waals surface area contributed by atoms with Gasteiger partial charge in [-0.2, -0.15) is 0 Å². The van der Waals surface area contributed by atoms with Gasteiger partial charge in [0.15, 0.2) is 0 Å². The highest BCUT2D eigenvalue weighted by molar-refractivity contribution is 5.85. The van der Waals surface area contributed by atoms with Crippen LogP contribution < -0.4 is 10.6 Å². The van der Waals surface area contributed by atoms with Gasteiger partial charge in [-0.25, -0.2) is 0 Å². The number of carbonyl (C=O) groups is 1. The summed E-state index contributed by atoms with van der Waals surface area (Å²) in [6.45, 7) is 11.2. The second-order valence-corrected chi connectivity index (χ2v) is 4.84. The van der Waals surface area contributed by atoms with Gasteiger partial charge in [0.2, 0.25) is 5.91 Å². The van der Waals surface area contributed by atoms with E-state index in [-0.39, 0.29) is 30.4 Å². The fourth-order valence-corrected chi connectivity index (χ4v) is 1.95. The van der Waals surface area contributed by atoms with Crippen LogP contribution >= 0.6 is 12.4 Å². The molecule has 1 aliphatic rings. The maximum absolute atomic E-state index is 11.9. The van der Waals surface area contributed by atoms with Crippen molar-refractivity contribution in [2.75, 3.05) is 19.6 Å². The minimum absolute atomic E-state index is 0. The summed E-state index contributed by atoms with van der Waals surface area (Å²) >= 11 is 0. The van der Waals surface area contributed by atoms with Crippen molar-refractivity contribution in [2.24, 2.45) is 0 Å². The van der Waals surface area contributed by atoms with Crippen molar-refractivity contribution in [3.05, 3.63) is 0 Å². The first-order chi connectivity index (χ1) is 7.54. The van der Waals surface area contributed by atoms with Gasteiger partial charge < -0.3 is 10.6 Å². The van der Waals surface area contributed by atoms with E-state index in [4.69, 9.17) is 0 Å². The van der Waals surface area contributed by atoms with Gasteiger partial charge in [0.05, 0.1) is 6.04 Å². The highest BCUT2D eigenvalue weighted by Crippen LogP contribution is 2.05. The number of piperazine rings is 1. The average molecular weight is 264 g/mol. The Labute approximate surface area is 111 Å². The Morgan fingerprint density at radius 3 is 2.71 bits per heavy atom. The minimum atomic E-state index is -0.0152. The van der Waals surface area contributed by atoms with Crippen molar-refractivity contribution in [1.82, 2.24) is 15.5 Å². The van der Waals surface area contributed by atoms with Gasteiger partial charge >= 0.3 is 0 Å². The summed E-state index contributed by atoms with van der Waals surface area (Å²) < 4.78 is 0. The number of halogens is 1. The van der Waals surface area contributed by atoms with Crippen molar-refractivity contribution >= 4 is 18.3 Å². The quantitative estimate of drug-likeness (QED) is 0.796. The molecule has 1 heterocycles. The number of nitrogens with one attached hydrogen (secondary N) is 2. The highest BCUT2D eigenvalue weighted by Gasteiger charge is 2.25. The second kappa shape index (κ2) is 7.90. The predicted octanol–water partition coefficient (Wildman–Crippen LogP) is 1.01. The van der Waals surface area contributed by atoms with Gasteiger partial charge in [0, 0.05) is 31.7 Å². The molecule has 4 nitrogen and oxygen atoms in total. The molecule has 1 aliphatic heterocycles. The van der Waals surface area contributed by atoms with E-state index >= 15 is 0 Å². The molecular weight excluding hydrogens is 238 g/mol. The van der Waals surface area contributed by atoms with Crippen LogP contribution in [0.3, 0.4) is 0 Å². The molecule has 0 aromatic rings. The maximum atomic E-state index is 11.9. The lowest BCUT2D eigenvalue weighted by atomic mass is 10.1. The van der Waals surface area contributed by atoms with Crippen molar-refractivity contribution < 1.29 is 4.79 Å². The molecule has 2 N–H and O–H groups in total. The molecular formula is C12H26ClN3O. The monoisotopic (exact) mass is 263 g/mol. The summed E-state index contributed by atoms with van der Waals surface area (Å²) in [6, 6.07) is 0.737. The summed E-state index contributed by atoms with van der Waals surface area (Å²) in [7, 11) is 0. The molecule has 3 atom stereocenters. The van der Waals surface area contributed by atoms with Gasteiger partial charge in [0.25, 0.3) is 0 Å². The van der Waals surface area contributed by atoms with Gasteiger partial charge in [-0.15, -0.1) is 12.4 Å². The van der Waals surface area contributed by atoms with Crippen molar-refractivity contribution in [3.8, 4) is 0 Å². The van der Waals surface area contributed by atoms with Crippen molar-refractivity contribution in [2.45, 2.75) is 52.2 Å². The topological polar surface area (TPSA) is 44.4 Å². The fourth-order valence-electron chi connectivity index (χ4n) is 1.95. The summed E-state index contributed by atoms with van der Waals surface area (Å²) in [4.78, 5) is 14.2. The molecule has 3 unspecified atom stereocenters. The average Bonchev–Trinajstić information content (AvgIpc) is 2.27. The third-order valence-electron chi connectivity index (χ3n) is 3.33. The Kier molecular flexibility index (Phi) is 7.75. The first-order valence-corrected chi connectivity index (χ1v) is 6.32. The zero-order valence-electron chi connectivity index (χ0n) is 11.3. The lowest BCUT2D eigenvalue weighted by Gasteiger charge is -2.35. The smallest absolute Gasteiger partial charge is 0.237 e. The largest absolute Gasteiger partial charge is 0.352 e. The maximum Gasteiger partial charge on any atom is 0.237 e. The van der Waals surface area contributed by atoms with Crippen LogP contribution in [0.5, 0.6) is 0 Å². The Morgan fingerprint density at radius 2 is 2.18 bits per heavy atom. The Bertz CT molecular complexity index is 238. The summed E-state index contributed by atoms with van der Waals surface area (Å²) in [5, 5.41) is 6.42. The summed E-state index contributed by atoms with van der Waals surface area (Å²) in [5.41, 5.74) is 0. The van der Waals surface area contributed by atoms with Crippen LogP contribution in [0, 0.1) is 0 Å². The number of amides is 1. The SMILES string of the molecule is CCC(C)NC(=O)C(C)N1CCNC(C)C1.Cl. The van der Waals surface area contributed by atoms with E-state index < -0.39 is 0 Å². The van der Waals surface area contributed by atoms with Gasteiger partial charge in [-0.1, -0.05) is 6.92 Å². The molecule has 17 heavy (non-hydrogen) atoms.